The average molecular weight is 783 g/mol. The Hall–Kier alpha value is -5.99. The molecule has 298 valence electrons. The molecule has 13 heteroatoms. The van der Waals surface area contributed by atoms with Gasteiger partial charge in [0.2, 0.25) is 11.9 Å². The van der Waals surface area contributed by atoms with E-state index in [9.17, 15) is 19.5 Å². The number of hydrogen-bond donors (Lipinski definition) is 2. The maximum atomic E-state index is 13.3. The molecular weight excluding hydrogens is 737 g/mol. The van der Waals surface area contributed by atoms with Crippen LogP contribution in [0.4, 0.5) is 10.7 Å². The molecule has 0 radical (unpaired) electrons. The van der Waals surface area contributed by atoms with Crippen LogP contribution in [0, 0.1) is 0 Å². The molecule has 4 heterocycles. The predicted molar refractivity (Wildman–Crippen MR) is 215 cm³/mol. The van der Waals surface area contributed by atoms with Crippen molar-refractivity contribution in [1.29, 1.82) is 0 Å². The zero-order valence-electron chi connectivity index (χ0n) is 32.1. The van der Waals surface area contributed by atoms with Gasteiger partial charge in [-0.05, 0) is 51.6 Å². The van der Waals surface area contributed by atoms with Gasteiger partial charge < -0.3 is 29.5 Å². The topological polar surface area (TPSA) is 147 Å². The highest BCUT2D eigenvalue weighted by Crippen LogP contribution is 2.39. The number of likely N-dealkylation sites (tertiary alicyclic amines) is 1. The Morgan fingerprint density at radius 3 is 2.26 bits per heavy atom. The number of carbonyl (C=O) groups excluding carboxylic acids is 3. The fourth-order valence-electron chi connectivity index (χ4n) is 7.67. The number of nitrogens with zero attached hydrogens (tertiary/aromatic N) is 5. The molecule has 3 saturated heterocycles. The second kappa shape index (κ2) is 18.1. The van der Waals surface area contributed by atoms with Gasteiger partial charge in [0.15, 0.2) is 6.29 Å². The van der Waals surface area contributed by atoms with E-state index in [-0.39, 0.29) is 44.3 Å². The molecule has 1 aromatic heterocycles. The first-order chi connectivity index (χ1) is 28.4. The van der Waals surface area contributed by atoms with Crippen molar-refractivity contribution in [2.24, 2.45) is 0 Å². The number of imide groups is 1. The largest absolute Gasteiger partial charge is 0.445 e. The molecule has 4 atom stereocenters. The minimum absolute atomic E-state index is 0.0253. The van der Waals surface area contributed by atoms with Crippen molar-refractivity contribution in [3.8, 4) is 11.1 Å². The van der Waals surface area contributed by atoms with Gasteiger partial charge in [0.05, 0.1) is 31.8 Å². The molecule has 3 amide bonds. The van der Waals surface area contributed by atoms with E-state index in [0.717, 1.165) is 77.6 Å². The molecule has 0 bridgehead atoms. The molecule has 0 saturated carbocycles. The number of aliphatic hydroxyl groups is 1. The lowest BCUT2D eigenvalue weighted by Gasteiger charge is -2.40. The predicted octanol–water partition coefficient (Wildman–Crippen LogP) is 5.56. The van der Waals surface area contributed by atoms with E-state index in [1.807, 2.05) is 103 Å². The van der Waals surface area contributed by atoms with Crippen LogP contribution in [0.3, 0.4) is 0 Å². The zero-order chi connectivity index (χ0) is 39.8. The number of anilines is 1. The van der Waals surface area contributed by atoms with Crippen LogP contribution in [0.1, 0.15) is 53.1 Å². The van der Waals surface area contributed by atoms with Crippen LogP contribution in [0.25, 0.3) is 11.1 Å². The Labute approximate surface area is 337 Å². The summed E-state index contributed by atoms with van der Waals surface area (Å²) in [4.78, 5) is 53.4. The molecular formula is C45H46N6O7. The van der Waals surface area contributed by atoms with Crippen LogP contribution in [0.15, 0.2) is 122 Å². The maximum absolute atomic E-state index is 13.3. The number of piperazine rings is 1. The number of carbonyl (C=O) groups is 3. The van der Waals surface area contributed by atoms with Gasteiger partial charge in [0.1, 0.15) is 12.6 Å². The molecule has 8 rings (SSSR count). The highest BCUT2D eigenvalue weighted by atomic mass is 16.7. The van der Waals surface area contributed by atoms with Gasteiger partial charge in [-0.3, -0.25) is 19.4 Å². The van der Waals surface area contributed by atoms with E-state index in [4.69, 9.17) is 14.2 Å². The molecule has 0 spiro atoms. The molecule has 3 fully saturated rings. The summed E-state index contributed by atoms with van der Waals surface area (Å²) in [5.41, 5.74) is 6.15. The normalized spacial score (nSPS) is 21.3. The summed E-state index contributed by atoms with van der Waals surface area (Å²) in [6.07, 6.45) is 2.38. The zero-order valence-corrected chi connectivity index (χ0v) is 32.1. The lowest BCUT2D eigenvalue weighted by molar-refractivity contribution is -0.253. The van der Waals surface area contributed by atoms with Crippen molar-refractivity contribution in [2.45, 2.75) is 57.1 Å². The number of alkyl carbamates (subject to hydrolysis) is 1. The second-order valence-electron chi connectivity index (χ2n) is 14.8. The van der Waals surface area contributed by atoms with E-state index in [1.165, 1.54) is 4.90 Å². The van der Waals surface area contributed by atoms with E-state index in [2.05, 4.69) is 31.2 Å². The number of ether oxygens (including phenoxy) is 3. The standard InChI is InChI=1S/C45H46N6O7/c52-29-31-13-15-34(16-14-31)40-25-38(28-49-19-21-50(22-20-49)44-46-17-6-18-47-44)57-43(58-40)37-12-5-11-36(24-37)35-10-4-9-33(23-35)27-51-41(53)26-39(42(51)54)48-45(55)56-30-32-7-2-1-3-8-32/h1-18,23-24,38-40,43,52H,19-22,25-30H2,(H,48,55). The van der Waals surface area contributed by atoms with Crippen molar-refractivity contribution in [3.05, 3.63) is 149 Å². The Morgan fingerprint density at radius 1 is 0.776 bits per heavy atom. The number of hydrogen-bond acceptors (Lipinski definition) is 11. The first-order valence-corrected chi connectivity index (χ1v) is 19.6. The first kappa shape index (κ1) is 38.9. The van der Waals surface area contributed by atoms with Gasteiger partial charge in [0, 0.05) is 57.1 Å². The summed E-state index contributed by atoms with van der Waals surface area (Å²) in [6.45, 7) is 4.22. The fraction of sp³-hybridized carbons (Fsp3) is 0.311. The molecule has 0 aliphatic carbocycles. The Morgan fingerprint density at radius 2 is 1.50 bits per heavy atom. The number of benzene rings is 4. The molecule has 3 aliphatic heterocycles. The van der Waals surface area contributed by atoms with Crippen molar-refractivity contribution >= 4 is 23.9 Å². The van der Waals surface area contributed by atoms with Crippen LogP contribution >= 0.6 is 0 Å². The van der Waals surface area contributed by atoms with Crippen molar-refractivity contribution < 1.29 is 33.7 Å². The number of nitrogens with one attached hydrogen (secondary N) is 1. The second-order valence-corrected chi connectivity index (χ2v) is 14.8. The number of amides is 3. The van der Waals surface area contributed by atoms with Gasteiger partial charge in [-0.1, -0.05) is 91.0 Å². The van der Waals surface area contributed by atoms with Gasteiger partial charge in [0.25, 0.3) is 5.91 Å². The van der Waals surface area contributed by atoms with Crippen LogP contribution in [-0.2, 0) is 43.6 Å². The Bertz CT molecular complexity index is 2180. The summed E-state index contributed by atoms with van der Waals surface area (Å²) in [5, 5.41) is 12.2. The van der Waals surface area contributed by atoms with Crippen LogP contribution in [-0.4, -0.2) is 87.7 Å². The monoisotopic (exact) mass is 782 g/mol. The summed E-state index contributed by atoms with van der Waals surface area (Å²) >= 11 is 0. The highest BCUT2D eigenvalue weighted by molar-refractivity contribution is 6.06. The van der Waals surface area contributed by atoms with Gasteiger partial charge >= 0.3 is 6.09 Å². The first-order valence-electron chi connectivity index (χ1n) is 19.6. The third-order valence-electron chi connectivity index (χ3n) is 10.8. The molecule has 58 heavy (non-hydrogen) atoms. The van der Waals surface area contributed by atoms with E-state index < -0.39 is 24.3 Å². The molecule has 3 aliphatic rings. The maximum Gasteiger partial charge on any atom is 0.408 e. The SMILES string of the molecule is O=C(NC1CC(=O)N(Cc2cccc(-c3cccc(C4OC(CN5CCN(c6ncccn6)CC5)CC(c5ccc(CO)cc5)O4)c3)c2)C1=O)OCc1ccccc1. The van der Waals surface area contributed by atoms with Gasteiger partial charge in [-0.15, -0.1) is 0 Å². The third-order valence-corrected chi connectivity index (χ3v) is 10.8. The fourth-order valence-corrected chi connectivity index (χ4v) is 7.67. The van der Waals surface area contributed by atoms with Crippen molar-refractivity contribution in [1.82, 2.24) is 25.1 Å². The van der Waals surface area contributed by atoms with Crippen LogP contribution < -0.4 is 10.2 Å². The number of aliphatic hydroxyl groups excluding tert-OH is 1. The third kappa shape index (κ3) is 9.41. The number of rotatable bonds is 12. The van der Waals surface area contributed by atoms with E-state index in [0.29, 0.717) is 6.42 Å². The molecule has 4 unspecified atom stereocenters. The van der Waals surface area contributed by atoms with Gasteiger partial charge in [-0.25, -0.2) is 14.8 Å². The minimum Gasteiger partial charge on any atom is -0.445 e. The van der Waals surface area contributed by atoms with Crippen molar-refractivity contribution in [2.75, 3.05) is 37.6 Å². The van der Waals surface area contributed by atoms with E-state index in [1.54, 1.807) is 12.4 Å². The number of aromatic nitrogens is 2. The smallest absolute Gasteiger partial charge is 0.408 e. The average Bonchev–Trinajstić information content (AvgIpc) is 3.53. The Kier molecular flexibility index (Phi) is 12.1. The minimum atomic E-state index is -0.986. The van der Waals surface area contributed by atoms with Crippen LogP contribution in [0.5, 0.6) is 0 Å². The Balaban J connectivity index is 0.936. The van der Waals surface area contributed by atoms with Crippen molar-refractivity contribution in [3.63, 3.8) is 0 Å². The summed E-state index contributed by atoms with van der Waals surface area (Å²) in [6, 6.07) is 33.7. The summed E-state index contributed by atoms with van der Waals surface area (Å²) in [7, 11) is 0. The molecule has 4 aromatic carbocycles. The lowest BCUT2D eigenvalue weighted by Crippen LogP contribution is -2.50. The summed E-state index contributed by atoms with van der Waals surface area (Å²) in [5.74, 6) is -0.0818. The quantitative estimate of drug-likeness (QED) is 0.154. The van der Waals surface area contributed by atoms with E-state index >= 15 is 0 Å². The van der Waals surface area contributed by atoms with Gasteiger partial charge in [-0.2, -0.15) is 0 Å². The molecule has 2 N–H and O–H groups in total. The van der Waals surface area contributed by atoms with Crippen LogP contribution in [0.2, 0.25) is 0 Å². The molecule has 5 aromatic rings. The molecule has 13 nitrogen and oxygen atoms in total. The highest BCUT2D eigenvalue weighted by Gasteiger charge is 2.40. The lowest BCUT2D eigenvalue weighted by atomic mass is 9.98. The summed E-state index contributed by atoms with van der Waals surface area (Å²) < 4.78 is 18.7.